The van der Waals surface area contributed by atoms with Crippen molar-refractivity contribution in [3.05, 3.63) is 65.2 Å². The monoisotopic (exact) mass is 453 g/mol. The minimum absolute atomic E-state index is 0.0182. The quantitative estimate of drug-likeness (QED) is 0.394. The van der Waals surface area contributed by atoms with Gasteiger partial charge < -0.3 is 19.2 Å². The SMILES string of the molecule is COC(=O)C(NC(O)c1ccc(C(C)(C)C)cc1)c1ccc(B2OC(C)(C)C(C)(C)O2)cc1. The Balaban J connectivity index is 1.77. The first-order chi connectivity index (χ1) is 15.2. The molecule has 1 heterocycles. The van der Waals surface area contributed by atoms with Crippen LogP contribution < -0.4 is 10.8 Å². The molecule has 1 fully saturated rings. The van der Waals surface area contributed by atoms with Crippen LogP contribution >= 0.6 is 0 Å². The minimum atomic E-state index is -1.04. The van der Waals surface area contributed by atoms with Gasteiger partial charge in [0.05, 0.1) is 18.3 Å². The highest BCUT2D eigenvalue weighted by Gasteiger charge is 2.51. The smallest absolute Gasteiger partial charge is 0.468 e. The number of nitrogens with one attached hydrogen (secondary N) is 1. The normalized spacial score (nSPS) is 19.2. The first kappa shape index (κ1) is 25.4. The van der Waals surface area contributed by atoms with Crippen LogP contribution in [-0.4, -0.2) is 36.5 Å². The van der Waals surface area contributed by atoms with Gasteiger partial charge in [-0.05, 0) is 55.3 Å². The molecule has 0 saturated carbocycles. The van der Waals surface area contributed by atoms with Crippen molar-refractivity contribution in [2.45, 2.75) is 77.4 Å². The summed E-state index contributed by atoms with van der Waals surface area (Å²) in [6, 6.07) is 14.3. The molecule has 0 bridgehead atoms. The fourth-order valence-electron chi connectivity index (χ4n) is 3.66. The number of esters is 1. The van der Waals surface area contributed by atoms with Crippen molar-refractivity contribution >= 4 is 18.6 Å². The molecule has 2 aromatic carbocycles. The highest BCUT2D eigenvalue weighted by atomic mass is 16.7. The zero-order chi connectivity index (χ0) is 24.6. The predicted molar refractivity (Wildman–Crippen MR) is 130 cm³/mol. The number of rotatable bonds is 6. The number of hydrogen-bond donors (Lipinski definition) is 2. The molecule has 6 nitrogen and oxygen atoms in total. The summed E-state index contributed by atoms with van der Waals surface area (Å²) in [6.45, 7) is 14.4. The van der Waals surface area contributed by atoms with E-state index in [2.05, 4.69) is 26.1 Å². The molecule has 0 radical (unpaired) electrons. The molecule has 7 heteroatoms. The number of ether oxygens (including phenoxy) is 1. The van der Waals surface area contributed by atoms with E-state index < -0.39 is 36.6 Å². The number of hydrogen-bond acceptors (Lipinski definition) is 6. The summed E-state index contributed by atoms with van der Waals surface area (Å²) in [5, 5.41) is 13.8. The second-order valence-corrected chi connectivity index (χ2v) is 10.7. The van der Waals surface area contributed by atoms with E-state index in [9.17, 15) is 9.90 Å². The number of methoxy groups -OCH3 is 1. The van der Waals surface area contributed by atoms with Crippen molar-refractivity contribution in [1.82, 2.24) is 5.32 Å². The van der Waals surface area contributed by atoms with Crippen LogP contribution in [0.5, 0.6) is 0 Å². The molecular formula is C26H36BNO5. The molecule has 3 rings (SSSR count). The van der Waals surface area contributed by atoms with Crippen LogP contribution in [0, 0.1) is 0 Å². The lowest BCUT2D eigenvalue weighted by atomic mass is 9.78. The summed E-state index contributed by atoms with van der Waals surface area (Å²) in [6.07, 6.45) is -1.04. The zero-order valence-corrected chi connectivity index (χ0v) is 20.9. The summed E-state index contributed by atoms with van der Waals surface area (Å²) in [5.41, 5.74) is 2.53. The van der Waals surface area contributed by atoms with E-state index >= 15 is 0 Å². The van der Waals surface area contributed by atoms with Crippen LogP contribution in [0.25, 0.3) is 0 Å². The van der Waals surface area contributed by atoms with Gasteiger partial charge in [-0.3, -0.25) is 5.32 Å². The third kappa shape index (κ3) is 5.49. The first-order valence-corrected chi connectivity index (χ1v) is 11.3. The molecular weight excluding hydrogens is 417 g/mol. The third-order valence-electron chi connectivity index (χ3n) is 6.65. The van der Waals surface area contributed by atoms with Crippen molar-refractivity contribution in [2.75, 3.05) is 7.11 Å². The predicted octanol–water partition coefficient (Wildman–Crippen LogP) is 3.78. The van der Waals surface area contributed by atoms with Crippen LogP contribution in [0.4, 0.5) is 0 Å². The molecule has 1 aliphatic heterocycles. The molecule has 0 amide bonds. The Morgan fingerprint density at radius 2 is 1.42 bits per heavy atom. The van der Waals surface area contributed by atoms with Gasteiger partial charge >= 0.3 is 13.1 Å². The standard InChI is InChI=1S/C26H36BNO5/c1-24(2,3)19-13-9-18(10-14-19)22(29)28-21(23(30)31-8)17-11-15-20(16-12-17)27-32-25(4,5)26(6,7)33-27/h9-16,21-22,28-29H,1-8H3. The largest absolute Gasteiger partial charge is 0.494 e. The Bertz CT molecular complexity index is 948. The van der Waals surface area contributed by atoms with Crippen molar-refractivity contribution in [3.8, 4) is 0 Å². The van der Waals surface area contributed by atoms with Crippen LogP contribution in [-0.2, 0) is 24.3 Å². The number of benzene rings is 2. The second-order valence-electron chi connectivity index (χ2n) is 10.7. The van der Waals surface area contributed by atoms with Gasteiger partial charge in [0.15, 0.2) is 0 Å². The molecule has 178 valence electrons. The molecule has 33 heavy (non-hydrogen) atoms. The Labute approximate surface area is 197 Å². The Hall–Kier alpha value is -2.19. The maximum atomic E-state index is 12.5. The average molecular weight is 453 g/mol. The fraction of sp³-hybridized carbons (Fsp3) is 0.500. The Morgan fingerprint density at radius 1 is 0.939 bits per heavy atom. The maximum Gasteiger partial charge on any atom is 0.494 e. The maximum absolute atomic E-state index is 12.5. The molecule has 0 aliphatic carbocycles. The van der Waals surface area contributed by atoms with Gasteiger partial charge in [-0.15, -0.1) is 0 Å². The van der Waals surface area contributed by atoms with Crippen LogP contribution in [0.1, 0.15) is 77.4 Å². The number of aliphatic hydroxyl groups is 1. The van der Waals surface area contributed by atoms with E-state index in [-0.39, 0.29) is 5.41 Å². The van der Waals surface area contributed by atoms with Crippen molar-refractivity contribution < 1.29 is 23.9 Å². The lowest BCUT2D eigenvalue weighted by Gasteiger charge is -2.32. The average Bonchev–Trinajstić information content (AvgIpc) is 2.98. The molecule has 0 aromatic heterocycles. The minimum Gasteiger partial charge on any atom is -0.468 e. The third-order valence-corrected chi connectivity index (χ3v) is 6.65. The molecule has 0 spiro atoms. The Kier molecular flexibility index (Phi) is 7.11. The molecule has 1 saturated heterocycles. The summed E-state index contributed by atoms with van der Waals surface area (Å²) >= 11 is 0. The molecule has 2 unspecified atom stereocenters. The van der Waals surface area contributed by atoms with Gasteiger partial charge in [0.1, 0.15) is 12.3 Å². The summed E-state index contributed by atoms with van der Waals surface area (Å²) in [5.74, 6) is -0.483. The van der Waals surface area contributed by atoms with E-state index in [1.54, 1.807) is 0 Å². The highest BCUT2D eigenvalue weighted by Crippen LogP contribution is 2.36. The Morgan fingerprint density at radius 3 is 1.88 bits per heavy atom. The van der Waals surface area contributed by atoms with Gasteiger partial charge in [0.25, 0.3) is 0 Å². The van der Waals surface area contributed by atoms with E-state index in [1.807, 2.05) is 76.2 Å². The molecule has 2 N–H and O–H groups in total. The summed E-state index contributed by atoms with van der Waals surface area (Å²) in [7, 11) is 0.848. The molecule has 2 aromatic rings. The highest BCUT2D eigenvalue weighted by molar-refractivity contribution is 6.62. The zero-order valence-electron chi connectivity index (χ0n) is 20.9. The van der Waals surface area contributed by atoms with Crippen LogP contribution in [0.15, 0.2) is 48.5 Å². The van der Waals surface area contributed by atoms with E-state index in [0.29, 0.717) is 11.1 Å². The van der Waals surface area contributed by atoms with E-state index in [4.69, 9.17) is 14.0 Å². The molecule has 2 atom stereocenters. The van der Waals surface area contributed by atoms with Gasteiger partial charge in [-0.2, -0.15) is 0 Å². The van der Waals surface area contributed by atoms with Crippen LogP contribution in [0.3, 0.4) is 0 Å². The summed E-state index contributed by atoms with van der Waals surface area (Å²) < 4.78 is 17.2. The van der Waals surface area contributed by atoms with Gasteiger partial charge in [-0.25, -0.2) is 4.79 Å². The first-order valence-electron chi connectivity index (χ1n) is 11.3. The number of carbonyl (C=O) groups is 1. The molecule has 1 aliphatic rings. The van der Waals surface area contributed by atoms with Crippen molar-refractivity contribution in [2.24, 2.45) is 0 Å². The van der Waals surface area contributed by atoms with Gasteiger partial charge in [0.2, 0.25) is 0 Å². The summed E-state index contributed by atoms with van der Waals surface area (Å²) in [4.78, 5) is 12.5. The van der Waals surface area contributed by atoms with Crippen molar-refractivity contribution in [1.29, 1.82) is 0 Å². The van der Waals surface area contributed by atoms with Crippen molar-refractivity contribution in [3.63, 3.8) is 0 Å². The number of carbonyl (C=O) groups excluding carboxylic acids is 1. The number of aliphatic hydroxyl groups excluding tert-OH is 1. The van der Waals surface area contributed by atoms with Crippen LogP contribution in [0.2, 0.25) is 0 Å². The van der Waals surface area contributed by atoms with Gasteiger partial charge in [-0.1, -0.05) is 69.3 Å². The lowest BCUT2D eigenvalue weighted by Crippen LogP contribution is -2.41. The van der Waals surface area contributed by atoms with E-state index in [0.717, 1.165) is 5.46 Å². The van der Waals surface area contributed by atoms with Gasteiger partial charge in [0, 0.05) is 0 Å². The lowest BCUT2D eigenvalue weighted by molar-refractivity contribution is -0.144. The topological polar surface area (TPSA) is 77.0 Å². The second kappa shape index (κ2) is 9.22. The van der Waals surface area contributed by atoms with E-state index in [1.165, 1.54) is 12.7 Å². The fourth-order valence-corrected chi connectivity index (χ4v) is 3.66.